The average Bonchev–Trinajstić information content (AvgIpc) is 2.40. The van der Waals surface area contributed by atoms with Gasteiger partial charge in [-0.05, 0) is 6.07 Å². The predicted octanol–water partition coefficient (Wildman–Crippen LogP) is 1.37. The van der Waals surface area contributed by atoms with Crippen LogP contribution in [-0.2, 0) is 17.3 Å². The third kappa shape index (κ3) is 3.30. The number of aromatic amines is 1. The number of aromatic nitrogens is 2. The van der Waals surface area contributed by atoms with E-state index in [0.29, 0.717) is 0 Å². The van der Waals surface area contributed by atoms with Gasteiger partial charge >= 0.3 is 5.69 Å². The molecule has 5 nitrogen and oxygen atoms in total. The van der Waals surface area contributed by atoms with Crippen molar-refractivity contribution in [2.45, 2.75) is 6.54 Å². The molecule has 1 heterocycles. The summed E-state index contributed by atoms with van der Waals surface area (Å²) in [5.74, 6) is -0.476. The van der Waals surface area contributed by atoms with Crippen LogP contribution < -0.4 is 11.2 Å². The summed E-state index contributed by atoms with van der Waals surface area (Å²) in [5.41, 5.74) is -1.53. The molecule has 1 atom stereocenters. The van der Waals surface area contributed by atoms with E-state index in [2.05, 4.69) is 4.98 Å². The highest BCUT2D eigenvalue weighted by atomic mass is 35.5. The lowest BCUT2D eigenvalue weighted by Gasteiger charge is -2.09. The molecule has 1 aromatic heterocycles. The zero-order valence-electron chi connectivity index (χ0n) is 11.1. The minimum atomic E-state index is -1.16. The van der Waals surface area contributed by atoms with Gasteiger partial charge in [0.25, 0.3) is 5.56 Å². The number of hydrogen-bond donors (Lipinski definition) is 1. The normalized spacial score (nSPS) is 12.3. The van der Waals surface area contributed by atoms with Crippen molar-refractivity contribution in [3.8, 4) is 11.1 Å². The van der Waals surface area contributed by atoms with Crippen molar-refractivity contribution >= 4 is 22.4 Å². The van der Waals surface area contributed by atoms with Crippen molar-refractivity contribution in [3.63, 3.8) is 0 Å². The Morgan fingerprint density at radius 2 is 2.00 bits per heavy atom. The van der Waals surface area contributed by atoms with Gasteiger partial charge in [-0.3, -0.25) is 18.6 Å². The van der Waals surface area contributed by atoms with Crippen LogP contribution in [0.5, 0.6) is 0 Å². The van der Waals surface area contributed by atoms with Crippen LogP contribution in [-0.4, -0.2) is 25.8 Å². The van der Waals surface area contributed by atoms with E-state index in [1.54, 1.807) is 6.07 Å². The molecule has 8 heteroatoms. The van der Waals surface area contributed by atoms with E-state index in [-0.39, 0.29) is 28.6 Å². The standard InChI is InChI=1S/C13H12ClFN2O3S/c1-21(20)7-6-17-12(18)10(11(14)16-13(17)19)8-4-2-3-5-9(8)15/h2-5H,6-7H2,1H3,(H,16,19). The number of H-pyrrole nitrogens is 1. The zero-order chi connectivity index (χ0) is 15.6. The molecule has 1 N–H and O–H groups in total. The van der Waals surface area contributed by atoms with Crippen molar-refractivity contribution in [2.24, 2.45) is 0 Å². The lowest BCUT2D eigenvalue weighted by Crippen LogP contribution is -2.37. The fourth-order valence-electron chi connectivity index (χ4n) is 1.87. The van der Waals surface area contributed by atoms with Gasteiger partial charge in [0.1, 0.15) is 11.0 Å². The van der Waals surface area contributed by atoms with Crippen LogP contribution >= 0.6 is 11.6 Å². The second-order valence-corrected chi connectivity index (χ2v) is 6.27. The molecule has 0 spiro atoms. The highest BCUT2D eigenvalue weighted by Crippen LogP contribution is 2.24. The molecule has 0 fully saturated rings. The quantitative estimate of drug-likeness (QED) is 0.861. The molecular weight excluding hydrogens is 319 g/mol. The molecule has 0 aliphatic rings. The van der Waals surface area contributed by atoms with Gasteiger partial charge in [-0.15, -0.1) is 0 Å². The highest BCUT2D eigenvalue weighted by Gasteiger charge is 2.17. The summed E-state index contributed by atoms with van der Waals surface area (Å²) in [4.78, 5) is 26.4. The lowest BCUT2D eigenvalue weighted by atomic mass is 10.1. The molecular formula is C13H12ClFN2O3S. The van der Waals surface area contributed by atoms with Crippen LogP contribution in [0.3, 0.4) is 0 Å². The first kappa shape index (κ1) is 15.7. The molecule has 0 amide bonds. The van der Waals surface area contributed by atoms with Gasteiger partial charge in [0.15, 0.2) is 0 Å². The molecule has 2 rings (SSSR count). The van der Waals surface area contributed by atoms with Crippen molar-refractivity contribution in [2.75, 3.05) is 12.0 Å². The third-order valence-corrected chi connectivity index (χ3v) is 3.93. The van der Waals surface area contributed by atoms with Crippen molar-refractivity contribution in [3.05, 3.63) is 56.1 Å². The van der Waals surface area contributed by atoms with Gasteiger partial charge in [0, 0.05) is 34.9 Å². The van der Waals surface area contributed by atoms with Gasteiger partial charge in [0.05, 0.1) is 5.56 Å². The van der Waals surface area contributed by atoms with E-state index in [1.165, 1.54) is 24.5 Å². The van der Waals surface area contributed by atoms with E-state index in [0.717, 1.165) is 4.57 Å². The number of rotatable bonds is 4. The Morgan fingerprint density at radius 1 is 1.33 bits per heavy atom. The first-order chi connectivity index (χ1) is 9.91. The number of halogens is 2. The number of nitrogens with one attached hydrogen (secondary N) is 1. The van der Waals surface area contributed by atoms with E-state index in [1.807, 2.05) is 0 Å². The molecule has 1 unspecified atom stereocenters. The first-order valence-corrected chi connectivity index (χ1v) is 8.10. The van der Waals surface area contributed by atoms with Crippen molar-refractivity contribution < 1.29 is 8.60 Å². The molecule has 0 aliphatic heterocycles. The summed E-state index contributed by atoms with van der Waals surface area (Å²) >= 11 is 5.88. The van der Waals surface area contributed by atoms with Gasteiger partial charge in [-0.1, -0.05) is 29.8 Å². The molecule has 0 aliphatic carbocycles. The highest BCUT2D eigenvalue weighted by molar-refractivity contribution is 7.84. The Hall–Kier alpha value is -1.73. The van der Waals surface area contributed by atoms with Gasteiger partial charge in [-0.25, -0.2) is 9.18 Å². The third-order valence-electron chi connectivity index (χ3n) is 2.89. The minimum Gasteiger partial charge on any atom is -0.297 e. The fourth-order valence-corrected chi connectivity index (χ4v) is 2.57. The maximum absolute atomic E-state index is 13.8. The summed E-state index contributed by atoms with van der Waals surface area (Å²) in [6.07, 6.45) is 1.47. The van der Waals surface area contributed by atoms with E-state index in [4.69, 9.17) is 11.6 Å². The van der Waals surface area contributed by atoms with Crippen LogP contribution in [0, 0.1) is 5.82 Å². The van der Waals surface area contributed by atoms with Crippen molar-refractivity contribution in [1.29, 1.82) is 0 Å². The first-order valence-electron chi connectivity index (χ1n) is 5.99. The Morgan fingerprint density at radius 3 is 2.62 bits per heavy atom. The Balaban J connectivity index is 2.65. The smallest absolute Gasteiger partial charge is 0.297 e. The largest absolute Gasteiger partial charge is 0.329 e. The summed E-state index contributed by atoms with van der Waals surface area (Å²) < 4.78 is 25.8. The van der Waals surface area contributed by atoms with E-state index >= 15 is 0 Å². The summed E-state index contributed by atoms with van der Waals surface area (Å²) in [6.45, 7) is -0.0318. The lowest BCUT2D eigenvalue weighted by molar-refractivity contribution is 0.628. The van der Waals surface area contributed by atoms with E-state index in [9.17, 15) is 18.2 Å². The minimum absolute atomic E-state index is 0.00937. The van der Waals surface area contributed by atoms with Crippen molar-refractivity contribution in [1.82, 2.24) is 9.55 Å². The number of hydrogen-bond acceptors (Lipinski definition) is 3. The maximum Gasteiger partial charge on any atom is 0.329 e. The predicted molar refractivity (Wildman–Crippen MR) is 80.7 cm³/mol. The summed E-state index contributed by atoms with van der Waals surface area (Å²) in [6, 6.07) is 5.64. The summed E-state index contributed by atoms with van der Waals surface area (Å²) in [5, 5.41) is -0.219. The molecule has 1 aromatic carbocycles. The van der Waals surface area contributed by atoms with Crippen LogP contribution in [0.1, 0.15) is 0 Å². The maximum atomic E-state index is 13.8. The zero-order valence-corrected chi connectivity index (χ0v) is 12.6. The monoisotopic (exact) mass is 330 g/mol. The average molecular weight is 331 g/mol. The Kier molecular flexibility index (Phi) is 4.74. The van der Waals surface area contributed by atoms with Crippen LogP contribution in [0.4, 0.5) is 4.39 Å². The second kappa shape index (κ2) is 6.36. The number of benzene rings is 1. The summed E-state index contributed by atoms with van der Waals surface area (Å²) in [7, 11) is -1.16. The topological polar surface area (TPSA) is 71.9 Å². The molecule has 112 valence electrons. The Bertz CT molecular complexity index is 816. The Labute approximate surface area is 126 Å². The molecule has 0 radical (unpaired) electrons. The SMILES string of the molecule is CS(=O)CCn1c(=O)[nH]c(Cl)c(-c2ccccc2F)c1=O. The second-order valence-electron chi connectivity index (χ2n) is 4.33. The fraction of sp³-hybridized carbons (Fsp3) is 0.231. The molecule has 2 aromatic rings. The van der Waals surface area contributed by atoms with Gasteiger partial charge in [0.2, 0.25) is 0 Å². The van der Waals surface area contributed by atoms with Crippen LogP contribution in [0.15, 0.2) is 33.9 Å². The van der Waals surface area contributed by atoms with Gasteiger partial charge < -0.3 is 0 Å². The van der Waals surface area contributed by atoms with Crippen LogP contribution in [0.25, 0.3) is 11.1 Å². The molecule has 0 bridgehead atoms. The molecule has 21 heavy (non-hydrogen) atoms. The number of nitrogens with zero attached hydrogens (tertiary/aromatic N) is 1. The molecule has 0 saturated heterocycles. The molecule has 0 saturated carbocycles. The van der Waals surface area contributed by atoms with Crippen LogP contribution in [0.2, 0.25) is 5.15 Å². The van der Waals surface area contributed by atoms with Gasteiger partial charge in [-0.2, -0.15) is 0 Å². The van der Waals surface area contributed by atoms with E-state index < -0.39 is 27.9 Å².